The van der Waals surface area contributed by atoms with Gasteiger partial charge in [-0.05, 0) is 6.07 Å². The van der Waals surface area contributed by atoms with Crippen LogP contribution in [0.2, 0.25) is 0 Å². The molecule has 0 amide bonds. The molecule has 0 radical (unpaired) electrons. The fourth-order valence-electron chi connectivity index (χ4n) is 0.486. The van der Waals surface area contributed by atoms with Crippen molar-refractivity contribution in [3.8, 4) is 0 Å². The summed E-state index contributed by atoms with van der Waals surface area (Å²) in [6, 6.07) is 1.57. The zero-order valence-electron chi connectivity index (χ0n) is 6.95. The predicted molar refractivity (Wildman–Crippen MR) is 49.4 cm³/mol. The number of hydrogen-bond donors (Lipinski definition) is 4. The molecule has 13 heavy (non-hydrogen) atoms. The maximum atomic E-state index is 10.6. The molecule has 74 valence electrons. The van der Waals surface area contributed by atoms with Crippen LogP contribution in [-0.4, -0.2) is 19.3 Å². The zero-order valence-corrected chi connectivity index (χ0v) is 7.85. The van der Waals surface area contributed by atoms with Crippen LogP contribution in [0.5, 0.6) is 0 Å². The Hall–Kier alpha value is -1.01. The molecule has 0 aliphatic rings. The van der Waals surface area contributed by atoms with Crippen molar-refractivity contribution in [1.82, 2.24) is 9.55 Å². The minimum absolute atomic E-state index is 0.324. The van der Waals surface area contributed by atoms with E-state index >= 15 is 0 Å². The lowest BCUT2D eigenvalue weighted by molar-refractivity contribution is 0.485. The van der Waals surface area contributed by atoms with E-state index in [0.29, 0.717) is 5.82 Å². The quantitative estimate of drug-likeness (QED) is 0.383. The first-order valence-corrected chi connectivity index (χ1v) is 4.47. The van der Waals surface area contributed by atoms with Crippen molar-refractivity contribution in [1.29, 1.82) is 0 Å². The van der Waals surface area contributed by atoms with Crippen LogP contribution in [0.3, 0.4) is 0 Å². The molecule has 0 saturated heterocycles. The molecule has 0 spiro atoms. The summed E-state index contributed by atoms with van der Waals surface area (Å²) in [6.45, 7) is 0. The molecule has 0 atom stereocenters. The van der Waals surface area contributed by atoms with Crippen LogP contribution in [0.25, 0.3) is 0 Å². The van der Waals surface area contributed by atoms with Crippen molar-refractivity contribution in [3.05, 3.63) is 22.7 Å². The number of anilines is 1. The molecular weight excluding hydrogens is 195 g/mol. The molecule has 0 fully saturated rings. The lowest BCUT2D eigenvalue weighted by atomic mass is 10.6. The summed E-state index contributed by atoms with van der Waals surface area (Å²) in [6.07, 6.45) is 1.39. The molecule has 1 aromatic heterocycles. The molecule has 0 saturated carbocycles. The van der Waals surface area contributed by atoms with Gasteiger partial charge in [-0.1, -0.05) is 0 Å². The van der Waals surface area contributed by atoms with Crippen molar-refractivity contribution >= 4 is 14.3 Å². The maximum absolute atomic E-state index is 10.6. The van der Waals surface area contributed by atoms with Crippen molar-refractivity contribution in [3.63, 3.8) is 0 Å². The summed E-state index contributed by atoms with van der Waals surface area (Å²) in [5.41, 5.74) is 9.31. The average Bonchev–Trinajstić information content (AvgIpc) is 1.99. The van der Waals surface area contributed by atoms with E-state index in [0.717, 1.165) is 0 Å². The van der Waals surface area contributed by atoms with Gasteiger partial charge in [0.05, 0.1) is 0 Å². The molecular formula is C5H11N4O3P. The summed E-state index contributed by atoms with van der Waals surface area (Å²) < 4.78 is 1.28. The zero-order chi connectivity index (χ0) is 10.4. The van der Waals surface area contributed by atoms with Crippen LogP contribution < -0.4 is 16.9 Å². The van der Waals surface area contributed by atoms with Crippen LogP contribution in [0.1, 0.15) is 0 Å². The lowest BCUT2D eigenvalue weighted by Gasteiger charge is -1.97. The van der Waals surface area contributed by atoms with Crippen molar-refractivity contribution in [2.75, 3.05) is 5.73 Å². The van der Waals surface area contributed by atoms with Crippen LogP contribution in [-0.2, 0) is 7.05 Å². The number of nitrogens with zero attached hydrogens (tertiary/aromatic N) is 2. The molecule has 6 N–H and O–H groups in total. The maximum Gasteiger partial charge on any atom is 0.348 e. The Bertz CT molecular complexity index is 310. The third kappa shape index (κ3) is 5.26. The van der Waals surface area contributed by atoms with Gasteiger partial charge in [0.2, 0.25) is 8.53 Å². The Labute approximate surface area is 75.6 Å². The van der Waals surface area contributed by atoms with E-state index in [1.54, 1.807) is 13.1 Å². The fourth-order valence-corrected chi connectivity index (χ4v) is 0.486. The van der Waals surface area contributed by atoms with Gasteiger partial charge in [0.15, 0.2) is 0 Å². The van der Waals surface area contributed by atoms with Gasteiger partial charge >= 0.3 is 5.69 Å². The van der Waals surface area contributed by atoms with E-state index in [-0.39, 0.29) is 5.69 Å². The minimum Gasteiger partial charge on any atom is -0.385 e. The molecule has 8 heteroatoms. The van der Waals surface area contributed by atoms with E-state index in [9.17, 15) is 4.79 Å². The van der Waals surface area contributed by atoms with E-state index < -0.39 is 8.53 Å². The highest BCUT2D eigenvalue weighted by atomic mass is 31.2. The van der Waals surface area contributed by atoms with Crippen molar-refractivity contribution in [2.45, 2.75) is 0 Å². The van der Waals surface area contributed by atoms with E-state index in [2.05, 4.69) is 10.5 Å². The highest BCUT2D eigenvalue weighted by Crippen LogP contribution is 2.05. The van der Waals surface area contributed by atoms with Gasteiger partial charge in [-0.3, -0.25) is 10.1 Å². The van der Waals surface area contributed by atoms with Crippen LogP contribution in [0.4, 0.5) is 5.82 Å². The normalized spacial score (nSPS) is 9.31. The Morgan fingerprint density at radius 3 is 2.38 bits per heavy atom. The van der Waals surface area contributed by atoms with Gasteiger partial charge in [-0.15, -0.1) is 0 Å². The SMILES string of the molecule is Cn1c(N)ccnc1=O.NP(O)O. The molecule has 1 rings (SSSR count). The number of nitrogens with two attached hydrogens (primary N) is 2. The van der Waals surface area contributed by atoms with Gasteiger partial charge in [0.25, 0.3) is 0 Å². The molecule has 0 unspecified atom stereocenters. The van der Waals surface area contributed by atoms with Crippen molar-refractivity contribution in [2.24, 2.45) is 12.6 Å². The Morgan fingerprint density at radius 1 is 1.62 bits per heavy atom. The molecule has 1 heterocycles. The summed E-state index contributed by atoms with van der Waals surface area (Å²) in [4.78, 5) is 29.0. The lowest BCUT2D eigenvalue weighted by Crippen LogP contribution is -2.21. The first kappa shape index (κ1) is 12.0. The monoisotopic (exact) mass is 206 g/mol. The molecule has 0 aromatic carbocycles. The first-order chi connectivity index (χ1) is 5.95. The number of nitrogen functional groups attached to an aromatic ring is 1. The smallest absolute Gasteiger partial charge is 0.348 e. The van der Waals surface area contributed by atoms with E-state index in [1.165, 1.54) is 10.8 Å². The van der Waals surface area contributed by atoms with Crippen LogP contribution in [0, 0.1) is 0 Å². The number of hydrogen-bond acceptors (Lipinski definition) is 6. The largest absolute Gasteiger partial charge is 0.385 e. The van der Waals surface area contributed by atoms with Gasteiger partial charge in [-0.25, -0.2) is 9.78 Å². The Kier molecular flexibility index (Phi) is 5.17. The predicted octanol–water partition coefficient (Wildman–Crippen LogP) is -1.48. The summed E-state index contributed by atoms with van der Waals surface area (Å²) >= 11 is 0. The molecule has 7 nitrogen and oxygen atoms in total. The molecule has 0 bridgehead atoms. The average molecular weight is 206 g/mol. The van der Waals surface area contributed by atoms with E-state index in [1.807, 2.05) is 0 Å². The second-order valence-corrected chi connectivity index (χ2v) is 2.67. The summed E-state index contributed by atoms with van der Waals surface area (Å²) in [5, 5.41) is 0. The van der Waals surface area contributed by atoms with Crippen molar-refractivity contribution < 1.29 is 9.79 Å². The minimum atomic E-state index is -2.12. The van der Waals surface area contributed by atoms with Gasteiger partial charge < -0.3 is 15.5 Å². The second kappa shape index (κ2) is 5.60. The summed E-state index contributed by atoms with van der Waals surface area (Å²) in [5.74, 6) is 0.426. The standard InChI is InChI=1S/C5H7N3O.H4NO2P/c1-8-4(6)2-3-7-5(8)9;1-4(2)3/h2-3H,6H2,1H3;2-3H,1H2. The molecule has 0 aliphatic carbocycles. The second-order valence-electron chi connectivity index (χ2n) is 2.03. The first-order valence-electron chi connectivity index (χ1n) is 3.15. The third-order valence-corrected chi connectivity index (χ3v) is 1.10. The topological polar surface area (TPSA) is 127 Å². The van der Waals surface area contributed by atoms with Crippen LogP contribution in [0.15, 0.2) is 17.1 Å². The van der Waals surface area contributed by atoms with Gasteiger partial charge in [-0.2, -0.15) is 0 Å². The Morgan fingerprint density at radius 2 is 2.08 bits per heavy atom. The molecule has 0 aliphatic heterocycles. The highest BCUT2D eigenvalue weighted by Gasteiger charge is 1.90. The fraction of sp³-hybridized carbons (Fsp3) is 0.200. The molecule has 1 aromatic rings. The highest BCUT2D eigenvalue weighted by molar-refractivity contribution is 7.42. The van der Waals surface area contributed by atoms with Gasteiger partial charge in [0, 0.05) is 13.2 Å². The van der Waals surface area contributed by atoms with Crippen LogP contribution >= 0.6 is 8.53 Å². The Balaban J connectivity index is 0.000000310. The number of aromatic nitrogens is 2. The van der Waals surface area contributed by atoms with Gasteiger partial charge in [0.1, 0.15) is 5.82 Å². The summed E-state index contributed by atoms with van der Waals surface area (Å²) in [7, 11) is -0.546. The number of rotatable bonds is 0. The third-order valence-electron chi connectivity index (χ3n) is 1.10. The van der Waals surface area contributed by atoms with E-state index in [4.69, 9.17) is 15.5 Å².